The van der Waals surface area contributed by atoms with Crippen LogP contribution in [0.2, 0.25) is 0 Å². The van der Waals surface area contributed by atoms with Crippen LogP contribution in [0.4, 0.5) is 0 Å². The zero-order chi connectivity index (χ0) is 15.6. The maximum Gasteiger partial charge on any atom is 1.00 e. The second-order valence-electron chi connectivity index (χ2n) is 3.50. The van der Waals surface area contributed by atoms with Gasteiger partial charge in [0.2, 0.25) is 0 Å². The van der Waals surface area contributed by atoms with Gasteiger partial charge in [0.25, 0.3) is 0 Å². The normalized spacial score (nSPS) is 11.0. The number of hydrogen-bond acceptors (Lipinski definition) is 9. The number of unbranched alkanes of at least 4 members (excludes halogenated alkanes) is 2. The first-order chi connectivity index (χ1) is 9.54. The minimum absolute atomic E-state index is 0. The molecule has 0 aliphatic rings. The molecule has 0 aromatic rings. The summed E-state index contributed by atoms with van der Waals surface area (Å²) in [6, 6.07) is 0. The average molecular weight is 354 g/mol. The Morgan fingerprint density at radius 1 is 0.857 bits per heavy atom. The van der Waals surface area contributed by atoms with E-state index in [0.29, 0.717) is 32.4 Å². The van der Waals surface area contributed by atoms with Crippen molar-refractivity contribution < 1.29 is 57.5 Å². The standard InChI is InChI=1S/C5H10O6P2.C4H13N3.Na/c6-12(7)10-4-2-1-3-5-11-13(8)9;5-1-3-7-4-2-6;/h1-5H2;7H,1-6H2;/q;;+1. The van der Waals surface area contributed by atoms with Gasteiger partial charge in [-0.15, -0.1) is 9.05 Å². The van der Waals surface area contributed by atoms with Gasteiger partial charge in [-0.25, -0.2) is 0 Å². The topological polar surface area (TPSA) is 163 Å². The third-order valence-electron chi connectivity index (χ3n) is 1.82. The molecule has 2 unspecified atom stereocenters. The molecular formula is C9H23N3NaO6P2+. The van der Waals surface area contributed by atoms with Crippen molar-refractivity contribution in [2.75, 3.05) is 39.4 Å². The molecular weight excluding hydrogens is 331 g/mol. The third kappa shape index (κ3) is 33.6. The van der Waals surface area contributed by atoms with E-state index in [-0.39, 0.29) is 42.8 Å². The molecule has 0 aliphatic heterocycles. The predicted molar refractivity (Wildman–Crippen MR) is 71.9 cm³/mol. The molecule has 21 heavy (non-hydrogen) atoms. The Balaban J connectivity index is -0.000000347. The van der Waals surface area contributed by atoms with Crippen LogP contribution < -0.4 is 56.1 Å². The summed E-state index contributed by atoms with van der Waals surface area (Å²) in [6.07, 6.45) is 1.82. The van der Waals surface area contributed by atoms with Crippen LogP contribution in [0.5, 0.6) is 0 Å². The third-order valence-corrected chi connectivity index (χ3v) is 2.61. The van der Waals surface area contributed by atoms with Gasteiger partial charge >= 0.3 is 46.1 Å². The quantitative estimate of drug-likeness (QED) is 0.179. The molecule has 0 aromatic carbocycles. The van der Waals surface area contributed by atoms with E-state index < -0.39 is 16.5 Å². The van der Waals surface area contributed by atoms with E-state index in [1.807, 2.05) is 0 Å². The molecule has 12 heteroatoms. The van der Waals surface area contributed by atoms with E-state index in [9.17, 15) is 18.9 Å². The van der Waals surface area contributed by atoms with E-state index in [1.165, 1.54) is 0 Å². The maximum absolute atomic E-state index is 9.89. The summed E-state index contributed by atoms with van der Waals surface area (Å²) in [5.74, 6) is 0. The first kappa shape index (κ1) is 26.8. The van der Waals surface area contributed by atoms with E-state index in [4.69, 9.17) is 11.5 Å². The smallest absolute Gasteiger partial charge is 0.566 e. The zero-order valence-corrected chi connectivity index (χ0v) is 16.2. The van der Waals surface area contributed by atoms with E-state index in [0.717, 1.165) is 13.1 Å². The van der Waals surface area contributed by atoms with Crippen molar-refractivity contribution in [3.63, 3.8) is 0 Å². The number of hydrogen-bond donors (Lipinski definition) is 3. The average Bonchev–Trinajstić information content (AvgIpc) is 2.38. The van der Waals surface area contributed by atoms with Gasteiger partial charge in [-0.2, -0.15) is 0 Å². The second-order valence-corrected chi connectivity index (χ2v) is 4.91. The predicted octanol–water partition coefficient (Wildman–Crippen LogP) is -4.28. The summed E-state index contributed by atoms with van der Waals surface area (Å²) < 4.78 is 28.3. The van der Waals surface area contributed by atoms with Gasteiger partial charge in [0.15, 0.2) is 0 Å². The molecule has 0 amide bonds. The maximum atomic E-state index is 9.89. The van der Waals surface area contributed by atoms with Gasteiger partial charge in [0.1, 0.15) is 13.2 Å². The van der Waals surface area contributed by atoms with Gasteiger partial charge in [-0.1, -0.05) is 0 Å². The van der Waals surface area contributed by atoms with Crippen molar-refractivity contribution >= 4 is 16.5 Å². The Hall–Kier alpha value is 0.920. The van der Waals surface area contributed by atoms with Crippen LogP contribution in [-0.2, 0) is 18.2 Å². The molecule has 0 heterocycles. The summed E-state index contributed by atoms with van der Waals surface area (Å²) >= 11 is 0. The van der Waals surface area contributed by atoms with Gasteiger partial charge < -0.3 is 26.6 Å². The second kappa shape index (κ2) is 23.2. The minimum atomic E-state index is -2.76. The molecule has 0 fully saturated rings. The Kier molecular flexibility index (Phi) is 29.6. The molecule has 0 aliphatic carbocycles. The molecule has 0 saturated heterocycles. The SMILES string of the molecule is NCCNCCN.O=[P+]([O-])OCCCCCO[P+](=O)[O-].[Na+]. The van der Waals surface area contributed by atoms with Crippen LogP contribution in [0, 0.1) is 0 Å². The molecule has 2 atom stereocenters. The number of nitrogens with one attached hydrogen (secondary N) is 1. The van der Waals surface area contributed by atoms with Crippen molar-refractivity contribution in [2.24, 2.45) is 11.5 Å². The Morgan fingerprint density at radius 2 is 1.24 bits per heavy atom. The molecule has 120 valence electrons. The van der Waals surface area contributed by atoms with Crippen LogP contribution in [0.25, 0.3) is 0 Å². The van der Waals surface area contributed by atoms with Crippen LogP contribution >= 0.6 is 16.5 Å². The van der Waals surface area contributed by atoms with Crippen LogP contribution in [0.15, 0.2) is 0 Å². The van der Waals surface area contributed by atoms with Gasteiger partial charge in [0, 0.05) is 26.2 Å². The Bertz CT molecular complexity index is 232. The fourth-order valence-corrected chi connectivity index (χ4v) is 1.54. The Morgan fingerprint density at radius 3 is 1.52 bits per heavy atom. The van der Waals surface area contributed by atoms with Crippen LogP contribution in [-0.4, -0.2) is 39.4 Å². The van der Waals surface area contributed by atoms with Crippen molar-refractivity contribution in [1.82, 2.24) is 5.32 Å². The van der Waals surface area contributed by atoms with Crippen LogP contribution in [0.3, 0.4) is 0 Å². The first-order valence-electron chi connectivity index (χ1n) is 6.20. The summed E-state index contributed by atoms with van der Waals surface area (Å²) in [5, 5.41) is 3.03. The zero-order valence-electron chi connectivity index (χ0n) is 12.4. The van der Waals surface area contributed by atoms with E-state index in [1.54, 1.807) is 0 Å². The van der Waals surface area contributed by atoms with Crippen molar-refractivity contribution in [1.29, 1.82) is 0 Å². The molecule has 0 bridgehead atoms. The number of nitrogens with two attached hydrogens (primary N) is 2. The van der Waals surface area contributed by atoms with Gasteiger partial charge in [-0.05, 0) is 28.4 Å². The van der Waals surface area contributed by atoms with E-state index in [2.05, 4.69) is 14.4 Å². The van der Waals surface area contributed by atoms with Crippen molar-refractivity contribution in [3.05, 3.63) is 0 Å². The van der Waals surface area contributed by atoms with Gasteiger partial charge in [0.05, 0.1) is 0 Å². The summed E-state index contributed by atoms with van der Waals surface area (Å²) in [7, 11) is -5.53. The molecule has 0 spiro atoms. The van der Waals surface area contributed by atoms with Crippen molar-refractivity contribution in [2.45, 2.75) is 19.3 Å². The molecule has 0 aromatic heterocycles. The largest absolute Gasteiger partial charge is 1.00 e. The monoisotopic (exact) mass is 354 g/mol. The summed E-state index contributed by atoms with van der Waals surface area (Å²) in [5.41, 5.74) is 10.3. The minimum Gasteiger partial charge on any atom is -0.566 e. The fourth-order valence-electron chi connectivity index (χ4n) is 0.988. The van der Waals surface area contributed by atoms with Crippen molar-refractivity contribution in [3.8, 4) is 0 Å². The Labute approximate surface area is 149 Å². The molecule has 9 nitrogen and oxygen atoms in total. The summed E-state index contributed by atoms with van der Waals surface area (Å²) in [6.45, 7) is 3.42. The van der Waals surface area contributed by atoms with Crippen LogP contribution in [0.1, 0.15) is 19.3 Å². The molecule has 5 N–H and O–H groups in total. The summed E-state index contributed by atoms with van der Waals surface area (Å²) in [4.78, 5) is 19.8. The molecule has 0 radical (unpaired) electrons. The first-order valence-corrected chi connectivity index (χ1v) is 8.39. The van der Waals surface area contributed by atoms with E-state index >= 15 is 0 Å². The fraction of sp³-hybridized carbons (Fsp3) is 1.00. The van der Waals surface area contributed by atoms with Gasteiger partial charge in [-0.3, -0.25) is 0 Å². The molecule has 0 saturated carbocycles. The molecule has 0 rings (SSSR count). The number of rotatable bonds is 12.